The maximum atomic E-state index is 12.4. The zero-order valence-corrected chi connectivity index (χ0v) is 11.7. The monoisotopic (exact) mass is 295 g/mol. The van der Waals surface area contributed by atoms with E-state index in [0.29, 0.717) is 0 Å². The summed E-state index contributed by atoms with van der Waals surface area (Å²) in [6.07, 6.45) is -1.78. The summed E-state index contributed by atoms with van der Waals surface area (Å²) in [4.78, 5) is 0. The van der Waals surface area contributed by atoms with Crippen molar-refractivity contribution in [1.29, 1.82) is 0 Å². The zero-order chi connectivity index (χ0) is 13.4. The number of halogens is 3. The van der Waals surface area contributed by atoms with Crippen molar-refractivity contribution in [3.05, 3.63) is 59.2 Å². The van der Waals surface area contributed by atoms with E-state index in [2.05, 4.69) is 12.1 Å². The van der Waals surface area contributed by atoms with Gasteiger partial charge in [-0.25, -0.2) is 8.78 Å². The fraction of sp³-hybridized carbons (Fsp3) is 0.250. The smallest absolute Gasteiger partial charge is 0.240 e. The molecule has 2 N–H and O–H groups in total. The molecule has 3 rings (SSSR count). The van der Waals surface area contributed by atoms with Crippen LogP contribution in [0, 0.1) is 0 Å². The molecule has 0 saturated carbocycles. The summed E-state index contributed by atoms with van der Waals surface area (Å²) in [6.45, 7) is 0. The first-order valence-electron chi connectivity index (χ1n) is 6.40. The first kappa shape index (κ1) is 14.9. The molecule has 1 aliphatic rings. The van der Waals surface area contributed by atoms with Crippen LogP contribution in [-0.2, 0) is 6.42 Å². The number of nitrogens with two attached hydrogens (primary N) is 1. The molecule has 2 aromatic carbocycles. The average molecular weight is 296 g/mol. The highest BCUT2D eigenvalue weighted by Crippen LogP contribution is 2.37. The minimum absolute atomic E-state index is 0. The third kappa shape index (κ3) is 2.69. The molecule has 2 aromatic rings. The van der Waals surface area contributed by atoms with Crippen LogP contribution in [0.25, 0.3) is 11.1 Å². The minimum atomic E-state index is -2.36. The van der Waals surface area contributed by atoms with Gasteiger partial charge in [0.25, 0.3) is 0 Å². The molecule has 0 amide bonds. The minimum Gasteiger partial charge on any atom is -0.324 e. The second-order valence-electron chi connectivity index (χ2n) is 4.98. The van der Waals surface area contributed by atoms with Crippen LogP contribution in [0.5, 0.6) is 0 Å². The van der Waals surface area contributed by atoms with Gasteiger partial charge in [-0.15, -0.1) is 12.4 Å². The first-order chi connectivity index (χ1) is 9.15. The number of benzene rings is 2. The van der Waals surface area contributed by atoms with E-state index in [9.17, 15) is 8.78 Å². The molecule has 4 heteroatoms. The molecule has 0 bridgehead atoms. The van der Waals surface area contributed by atoms with E-state index in [0.717, 1.165) is 12.0 Å². The van der Waals surface area contributed by atoms with Crippen molar-refractivity contribution in [3.63, 3.8) is 0 Å². The van der Waals surface area contributed by atoms with Crippen molar-refractivity contribution in [1.82, 2.24) is 0 Å². The van der Waals surface area contributed by atoms with Gasteiger partial charge in [-0.3, -0.25) is 0 Å². The van der Waals surface area contributed by atoms with Gasteiger partial charge in [-0.05, 0) is 34.2 Å². The van der Waals surface area contributed by atoms with Crippen LogP contribution >= 0.6 is 12.4 Å². The third-order valence-electron chi connectivity index (χ3n) is 3.68. The van der Waals surface area contributed by atoms with Crippen LogP contribution in [0.15, 0.2) is 42.5 Å². The van der Waals surface area contributed by atoms with E-state index in [1.807, 2.05) is 30.3 Å². The van der Waals surface area contributed by atoms with E-state index in [4.69, 9.17) is 5.73 Å². The standard InChI is InChI=1S/C16H15F2N.ClH/c17-16(18)9-15(19)11-5-6-14-12(8-11)7-10-3-1-2-4-13(10)14;/h1-6,8,15-16H,7,9,19H2;1H/t15-;/m1./s1. The summed E-state index contributed by atoms with van der Waals surface area (Å²) >= 11 is 0. The Labute approximate surface area is 123 Å². The van der Waals surface area contributed by atoms with Gasteiger partial charge >= 0.3 is 0 Å². The highest BCUT2D eigenvalue weighted by molar-refractivity contribution is 5.85. The van der Waals surface area contributed by atoms with E-state index in [1.54, 1.807) is 0 Å². The number of hydrogen-bond donors (Lipinski definition) is 1. The summed E-state index contributed by atoms with van der Waals surface area (Å²) in [6, 6.07) is 13.5. The third-order valence-corrected chi connectivity index (χ3v) is 3.68. The molecule has 0 fully saturated rings. The van der Waals surface area contributed by atoms with E-state index < -0.39 is 12.5 Å². The quantitative estimate of drug-likeness (QED) is 0.764. The molecule has 0 aromatic heterocycles. The number of rotatable bonds is 3. The van der Waals surface area contributed by atoms with Gasteiger partial charge < -0.3 is 5.73 Å². The maximum absolute atomic E-state index is 12.4. The fourth-order valence-corrected chi connectivity index (χ4v) is 2.72. The Morgan fingerprint density at radius 3 is 2.45 bits per heavy atom. The van der Waals surface area contributed by atoms with Crippen molar-refractivity contribution in [2.75, 3.05) is 0 Å². The predicted octanol–water partition coefficient (Wildman–Crippen LogP) is 4.33. The lowest BCUT2D eigenvalue weighted by Gasteiger charge is -2.13. The Morgan fingerprint density at radius 2 is 1.70 bits per heavy atom. The van der Waals surface area contributed by atoms with E-state index in [-0.39, 0.29) is 18.8 Å². The molecular formula is C16H16ClF2N. The number of fused-ring (bicyclic) bond motifs is 3. The van der Waals surface area contributed by atoms with Crippen molar-refractivity contribution in [2.45, 2.75) is 25.3 Å². The van der Waals surface area contributed by atoms with Crippen molar-refractivity contribution in [2.24, 2.45) is 5.73 Å². The van der Waals surface area contributed by atoms with Gasteiger partial charge in [0.05, 0.1) is 0 Å². The molecule has 1 nitrogen and oxygen atoms in total. The highest BCUT2D eigenvalue weighted by atomic mass is 35.5. The van der Waals surface area contributed by atoms with Gasteiger partial charge in [-0.1, -0.05) is 42.5 Å². The van der Waals surface area contributed by atoms with Crippen LogP contribution in [0.2, 0.25) is 0 Å². The molecular weight excluding hydrogens is 280 g/mol. The molecule has 106 valence electrons. The Bertz CT molecular complexity index is 613. The fourth-order valence-electron chi connectivity index (χ4n) is 2.72. The Morgan fingerprint density at radius 1 is 1.00 bits per heavy atom. The van der Waals surface area contributed by atoms with Crippen molar-refractivity contribution < 1.29 is 8.78 Å². The normalized spacial score (nSPS) is 13.6. The summed E-state index contributed by atoms with van der Waals surface area (Å²) in [5.41, 5.74) is 11.5. The second kappa shape index (κ2) is 5.90. The molecule has 1 atom stereocenters. The van der Waals surface area contributed by atoms with Crippen LogP contribution in [0.4, 0.5) is 8.78 Å². The van der Waals surface area contributed by atoms with Gasteiger partial charge in [0.2, 0.25) is 6.43 Å². The SMILES string of the molecule is Cl.N[C@H](CC(F)F)c1ccc2c(c1)Cc1ccccc1-2. The summed E-state index contributed by atoms with van der Waals surface area (Å²) in [7, 11) is 0. The van der Waals surface area contributed by atoms with Crippen LogP contribution in [0.3, 0.4) is 0 Å². The lowest BCUT2D eigenvalue weighted by atomic mass is 9.98. The molecule has 0 radical (unpaired) electrons. The molecule has 0 saturated heterocycles. The molecule has 0 heterocycles. The van der Waals surface area contributed by atoms with Gasteiger partial charge in [0.1, 0.15) is 0 Å². The largest absolute Gasteiger partial charge is 0.324 e. The molecule has 0 spiro atoms. The topological polar surface area (TPSA) is 26.0 Å². The van der Waals surface area contributed by atoms with Crippen LogP contribution in [-0.4, -0.2) is 6.43 Å². The van der Waals surface area contributed by atoms with E-state index in [1.165, 1.54) is 22.3 Å². The first-order valence-corrected chi connectivity index (χ1v) is 6.40. The summed E-state index contributed by atoms with van der Waals surface area (Å²) in [5, 5.41) is 0. The lowest BCUT2D eigenvalue weighted by molar-refractivity contribution is 0.128. The molecule has 20 heavy (non-hydrogen) atoms. The lowest BCUT2D eigenvalue weighted by Crippen LogP contribution is -2.14. The highest BCUT2D eigenvalue weighted by Gasteiger charge is 2.20. The Balaban J connectivity index is 0.00000147. The summed E-state index contributed by atoms with van der Waals surface area (Å²) in [5.74, 6) is 0. The van der Waals surface area contributed by atoms with Crippen molar-refractivity contribution >= 4 is 12.4 Å². The summed E-state index contributed by atoms with van der Waals surface area (Å²) < 4.78 is 24.8. The predicted molar refractivity (Wildman–Crippen MR) is 79.5 cm³/mol. The molecule has 0 aliphatic heterocycles. The Hall–Kier alpha value is -1.45. The van der Waals surface area contributed by atoms with Gasteiger partial charge in [-0.2, -0.15) is 0 Å². The second-order valence-corrected chi connectivity index (χ2v) is 4.98. The van der Waals surface area contributed by atoms with E-state index >= 15 is 0 Å². The maximum Gasteiger partial charge on any atom is 0.240 e. The zero-order valence-electron chi connectivity index (χ0n) is 10.9. The van der Waals surface area contributed by atoms with Crippen LogP contribution in [0.1, 0.15) is 29.2 Å². The molecule has 0 unspecified atom stereocenters. The number of alkyl halides is 2. The van der Waals surface area contributed by atoms with Gasteiger partial charge in [0, 0.05) is 12.5 Å². The van der Waals surface area contributed by atoms with Crippen molar-refractivity contribution in [3.8, 4) is 11.1 Å². The molecule has 1 aliphatic carbocycles. The number of hydrogen-bond acceptors (Lipinski definition) is 1. The van der Waals surface area contributed by atoms with Gasteiger partial charge in [0.15, 0.2) is 0 Å². The Kier molecular flexibility index (Phi) is 4.41. The average Bonchev–Trinajstić information content (AvgIpc) is 2.75. The van der Waals surface area contributed by atoms with Crippen LogP contribution < -0.4 is 5.73 Å².